The minimum absolute atomic E-state index is 0.00634. The summed E-state index contributed by atoms with van der Waals surface area (Å²) in [4.78, 5) is 15.1. The number of rotatable bonds is 6. The molecule has 0 amide bonds. The molecule has 2 aromatic heterocycles. The van der Waals surface area contributed by atoms with Gasteiger partial charge in [0.1, 0.15) is 10.6 Å². The van der Waals surface area contributed by atoms with E-state index < -0.39 is 22.1 Å². The number of aromatic nitrogens is 3. The second kappa shape index (κ2) is 8.38. The highest BCUT2D eigenvalue weighted by Gasteiger charge is 2.29. The molecule has 0 saturated carbocycles. The second-order valence-electron chi connectivity index (χ2n) is 6.62. The van der Waals surface area contributed by atoms with Crippen molar-refractivity contribution < 1.29 is 27.1 Å². The Balaban J connectivity index is 1.44. The molecule has 1 N–H and O–H groups in total. The van der Waals surface area contributed by atoms with Crippen molar-refractivity contribution in [2.24, 2.45) is 0 Å². The molecular weight excluding hydrogens is 412 g/mol. The van der Waals surface area contributed by atoms with Gasteiger partial charge in [0.25, 0.3) is 5.89 Å². The average molecular weight is 432 g/mol. The first kappa shape index (κ1) is 20.3. The van der Waals surface area contributed by atoms with Crippen LogP contribution in [0.15, 0.2) is 51.9 Å². The molecule has 10 nitrogen and oxygen atoms in total. The van der Waals surface area contributed by atoms with Crippen molar-refractivity contribution >= 4 is 16.0 Å². The molecule has 1 aliphatic heterocycles. The van der Waals surface area contributed by atoms with Crippen molar-refractivity contribution in [1.29, 1.82) is 0 Å². The Labute approximate surface area is 172 Å². The normalized spacial score (nSPS) is 16.3. The first-order chi connectivity index (χ1) is 14.4. The van der Waals surface area contributed by atoms with Crippen LogP contribution in [0.2, 0.25) is 0 Å². The third-order valence-electron chi connectivity index (χ3n) is 4.58. The van der Waals surface area contributed by atoms with Gasteiger partial charge in [0.05, 0.1) is 13.2 Å². The number of carbonyl (C=O) groups is 1. The smallest absolute Gasteiger partial charge is 0.355 e. The first-order valence-electron chi connectivity index (χ1n) is 9.31. The zero-order valence-electron chi connectivity index (χ0n) is 16.1. The lowest BCUT2D eigenvalue weighted by molar-refractivity contribution is 0.0273. The average Bonchev–Trinajstić information content (AvgIpc) is 3.46. The summed E-state index contributed by atoms with van der Waals surface area (Å²) in [7, 11) is -3.71. The van der Waals surface area contributed by atoms with Crippen LogP contribution in [-0.2, 0) is 19.5 Å². The number of nitrogens with zero attached hydrogens (tertiary/aromatic N) is 3. The molecule has 0 radical (unpaired) electrons. The number of ether oxygens (including phenoxy) is 2. The summed E-state index contributed by atoms with van der Waals surface area (Å²) in [6.45, 7) is 2.81. The molecule has 0 spiro atoms. The highest BCUT2D eigenvalue weighted by atomic mass is 32.2. The highest BCUT2D eigenvalue weighted by Crippen LogP contribution is 2.24. The Morgan fingerprint density at radius 1 is 1.20 bits per heavy atom. The molecule has 30 heavy (non-hydrogen) atoms. The van der Waals surface area contributed by atoms with E-state index in [0.717, 1.165) is 5.56 Å². The summed E-state index contributed by atoms with van der Waals surface area (Å²) in [6.07, 6.45) is 0.455. The number of esters is 1. The maximum atomic E-state index is 12.7. The highest BCUT2D eigenvalue weighted by molar-refractivity contribution is 7.89. The summed E-state index contributed by atoms with van der Waals surface area (Å²) in [6, 6.07) is 10.5. The molecule has 3 heterocycles. The predicted octanol–water partition coefficient (Wildman–Crippen LogP) is 2.00. The van der Waals surface area contributed by atoms with Crippen molar-refractivity contribution in [3.63, 3.8) is 0 Å². The monoisotopic (exact) mass is 432 g/mol. The van der Waals surface area contributed by atoms with Crippen molar-refractivity contribution in [3.8, 4) is 11.5 Å². The van der Waals surface area contributed by atoms with Crippen LogP contribution in [0.1, 0.15) is 29.4 Å². The quantitative estimate of drug-likeness (QED) is 0.586. The van der Waals surface area contributed by atoms with Gasteiger partial charge < -0.3 is 18.9 Å². The summed E-state index contributed by atoms with van der Waals surface area (Å²) < 4.78 is 42.8. The van der Waals surface area contributed by atoms with Gasteiger partial charge in [0.2, 0.25) is 15.9 Å². The van der Waals surface area contributed by atoms with E-state index in [2.05, 4.69) is 15.2 Å². The van der Waals surface area contributed by atoms with Gasteiger partial charge in [-0.2, -0.15) is 4.31 Å². The molecule has 158 valence electrons. The van der Waals surface area contributed by atoms with Crippen molar-refractivity contribution in [2.75, 3.05) is 26.3 Å². The van der Waals surface area contributed by atoms with Crippen LogP contribution in [0.5, 0.6) is 0 Å². The number of benzene rings is 1. The number of morpholine rings is 1. The SMILES string of the molecule is C[C@H](OC(=O)c1cc(S(=O)(=O)N2CCOCC2)c[nH]1)c1nnc(-c2ccccc2)o1. The van der Waals surface area contributed by atoms with Gasteiger partial charge in [-0.3, -0.25) is 0 Å². The zero-order valence-corrected chi connectivity index (χ0v) is 17.0. The Kier molecular flexibility index (Phi) is 5.66. The number of carbonyl (C=O) groups excluding carboxylic acids is 1. The predicted molar refractivity (Wildman–Crippen MR) is 104 cm³/mol. The molecular formula is C19H20N4O6S. The lowest BCUT2D eigenvalue weighted by Gasteiger charge is -2.25. The first-order valence-corrected chi connectivity index (χ1v) is 10.8. The van der Waals surface area contributed by atoms with Crippen LogP contribution in [0.25, 0.3) is 11.5 Å². The van der Waals surface area contributed by atoms with Crippen LogP contribution in [-0.4, -0.2) is 60.2 Å². The van der Waals surface area contributed by atoms with E-state index in [1.165, 1.54) is 16.6 Å². The molecule has 1 aromatic carbocycles. The Bertz CT molecular complexity index is 1120. The number of aromatic amines is 1. The minimum atomic E-state index is -3.71. The van der Waals surface area contributed by atoms with Crippen molar-refractivity contribution in [1.82, 2.24) is 19.5 Å². The third kappa shape index (κ3) is 4.13. The molecule has 4 rings (SSSR count). The van der Waals surface area contributed by atoms with E-state index >= 15 is 0 Å². The summed E-state index contributed by atoms with van der Waals surface area (Å²) in [5.41, 5.74) is 0.758. The summed E-state index contributed by atoms with van der Waals surface area (Å²) >= 11 is 0. The maximum Gasteiger partial charge on any atom is 0.355 e. The molecule has 1 saturated heterocycles. The Hall–Kier alpha value is -3.02. The van der Waals surface area contributed by atoms with Gasteiger partial charge in [-0.25, -0.2) is 13.2 Å². The van der Waals surface area contributed by atoms with Gasteiger partial charge in [-0.15, -0.1) is 10.2 Å². The molecule has 3 aromatic rings. The molecule has 1 aliphatic rings. The summed E-state index contributed by atoms with van der Waals surface area (Å²) in [5.74, 6) is -0.285. The lowest BCUT2D eigenvalue weighted by Crippen LogP contribution is -2.40. The van der Waals surface area contributed by atoms with Crippen LogP contribution in [0, 0.1) is 0 Å². The van der Waals surface area contributed by atoms with Crippen LogP contribution in [0.3, 0.4) is 0 Å². The minimum Gasteiger partial charge on any atom is -0.448 e. The third-order valence-corrected chi connectivity index (χ3v) is 6.45. The van der Waals surface area contributed by atoms with Crippen molar-refractivity contribution in [3.05, 3.63) is 54.2 Å². The molecule has 1 fully saturated rings. The van der Waals surface area contributed by atoms with E-state index in [0.29, 0.717) is 19.1 Å². The van der Waals surface area contributed by atoms with Gasteiger partial charge >= 0.3 is 5.97 Å². The fourth-order valence-corrected chi connectivity index (χ4v) is 4.35. The fourth-order valence-electron chi connectivity index (χ4n) is 2.95. The lowest BCUT2D eigenvalue weighted by atomic mass is 10.2. The van der Waals surface area contributed by atoms with E-state index in [1.807, 2.05) is 30.3 Å². The Morgan fingerprint density at radius 3 is 2.67 bits per heavy atom. The number of hydrogen-bond donors (Lipinski definition) is 1. The molecule has 0 bridgehead atoms. The molecule has 0 aliphatic carbocycles. The molecule has 1 atom stereocenters. The van der Waals surface area contributed by atoms with E-state index in [4.69, 9.17) is 13.9 Å². The van der Waals surface area contributed by atoms with Gasteiger partial charge in [0, 0.05) is 24.8 Å². The van der Waals surface area contributed by atoms with E-state index in [-0.39, 0.29) is 29.6 Å². The van der Waals surface area contributed by atoms with E-state index in [9.17, 15) is 13.2 Å². The zero-order chi connectivity index (χ0) is 21.1. The van der Waals surface area contributed by atoms with Gasteiger partial charge in [-0.05, 0) is 25.1 Å². The van der Waals surface area contributed by atoms with Crippen molar-refractivity contribution in [2.45, 2.75) is 17.9 Å². The second-order valence-corrected chi connectivity index (χ2v) is 8.56. The molecule has 11 heteroatoms. The van der Waals surface area contributed by atoms with Crippen LogP contribution < -0.4 is 0 Å². The fraction of sp³-hybridized carbons (Fsp3) is 0.316. The topological polar surface area (TPSA) is 128 Å². The number of hydrogen-bond acceptors (Lipinski definition) is 8. The number of H-pyrrole nitrogens is 1. The summed E-state index contributed by atoms with van der Waals surface area (Å²) in [5, 5.41) is 7.89. The van der Waals surface area contributed by atoms with Crippen LogP contribution in [0.4, 0.5) is 0 Å². The number of sulfonamides is 1. The number of nitrogens with one attached hydrogen (secondary N) is 1. The van der Waals surface area contributed by atoms with Gasteiger partial charge in [-0.1, -0.05) is 18.2 Å². The maximum absolute atomic E-state index is 12.7. The van der Waals surface area contributed by atoms with Gasteiger partial charge in [0.15, 0.2) is 6.10 Å². The largest absolute Gasteiger partial charge is 0.448 e. The van der Waals surface area contributed by atoms with Crippen LogP contribution >= 0.6 is 0 Å². The standard InChI is InChI=1S/C19H20N4O6S/c1-13(17-21-22-18(29-17)14-5-3-2-4-6-14)28-19(24)16-11-15(12-20-16)30(25,26)23-7-9-27-10-8-23/h2-6,11-13,20H,7-10H2,1H3/t13-/m0/s1. The molecule has 0 unspecified atom stereocenters. The van der Waals surface area contributed by atoms with E-state index in [1.54, 1.807) is 6.92 Å². The Morgan fingerprint density at radius 2 is 1.93 bits per heavy atom.